The summed E-state index contributed by atoms with van der Waals surface area (Å²) in [5.41, 5.74) is -2.12. The highest BCUT2D eigenvalue weighted by Crippen LogP contribution is 2.94. The van der Waals surface area contributed by atoms with E-state index in [9.17, 15) is 13.6 Å². The summed E-state index contributed by atoms with van der Waals surface area (Å²) in [6, 6.07) is 0. The maximum absolute atomic E-state index is 14.5. The fraction of sp³-hybridized carbons (Fsp3) is 0.929. The Bertz CT molecular complexity index is 577. The SMILES string of the molecule is C[C@@]12O[C@@]3(C(F)(F)C(=O)O)[C@@H]4[C@H]5[C@@H]6C[C@H]([C@H]5[C@H]41)[C@H]2[C@H]63. The Morgan fingerprint density at radius 3 is 2.53 bits per heavy atom. The van der Waals surface area contributed by atoms with Crippen molar-refractivity contribution >= 4 is 5.97 Å². The molecule has 7 aliphatic rings. The lowest BCUT2D eigenvalue weighted by Gasteiger charge is -2.47. The molecule has 0 radical (unpaired) electrons. The number of aliphatic carboxylic acids is 1. The molecule has 5 saturated carbocycles. The van der Waals surface area contributed by atoms with Crippen molar-refractivity contribution < 1.29 is 23.4 Å². The first-order valence-electron chi connectivity index (χ1n) is 7.19. The van der Waals surface area contributed by atoms with Gasteiger partial charge in [0.25, 0.3) is 0 Å². The van der Waals surface area contributed by atoms with Gasteiger partial charge < -0.3 is 9.84 Å². The molecule has 0 aromatic rings. The number of carbonyl (C=O) groups is 1. The van der Waals surface area contributed by atoms with Gasteiger partial charge in [-0.25, -0.2) is 4.79 Å². The van der Waals surface area contributed by atoms with Crippen molar-refractivity contribution in [1.29, 1.82) is 0 Å². The van der Waals surface area contributed by atoms with E-state index in [1.807, 2.05) is 6.92 Å². The first-order chi connectivity index (χ1) is 8.87. The van der Waals surface area contributed by atoms with E-state index in [4.69, 9.17) is 9.84 Å². The lowest BCUT2D eigenvalue weighted by molar-refractivity contribution is -0.227. The summed E-state index contributed by atoms with van der Waals surface area (Å²) in [6.45, 7) is 1.98. The van der Waals surface area contributed by atoms with Crippen LogP contribution in [0.5, 0.6) is 0 Å². The zero-order chi connectivity index (χ0) is 13.1. The van der Waals surface area contributed by atoms with E-state index in [-0.39, 0.29) is 23.7 Å². The number of hydrogen-bond donors (Lipinski definition) is 1. The van der Waals surface area contributed by atoms with Gasteiger partial charge >= 0.3 is 11.9 Å². The van der Waals surface area contributed by atoms with Crippen LogP contribution in [0.15, 0.2) is 0 Å². The van der Waals surface area contributed by atoms with E-state index >= 15 is 0 Å². The van der Waals surface area contributed by atoms with Gasteiger partial charge in [0, 0.05) is 11.8 Å². The van der Waals surface area contributed by atoms with Crippen LogP contribution in [0, 0.1) is 47.3 Å². The Hall–Kier alpha value is -0.710. The van der Waals surface area contributed by atoms with Gasteiger partial charge in [-0.3, -0.25) is 0 Å². The molecule has 1 N–H and O–H groups in total. The third-order valence-electron chi connectivity index (χ3n) is 7.97. The van der Waals surface area contributed by atoms with Crippen molar-refractivity contribution in [3.05, 3.63) is 0 Å². The van der Waals surface area contributed by atoms with Crippen LogP contribution in [0.4, 0.5) is 8.78 Å². The average molecular weight is 268 g/mol. The number of alkyl halides is 2. The Morgan fingerprint density at radius 1 is 1.21 bits per heavy atom. The van der Waals surface area contributed by atoms with E-state index in [2.05, 4.69) is 0 Å². The molecule has 0 aromatic carbocycles. The van der Waals surface area contributed by atoms with Gasteiger partial charge in [-0.05, 0) is 48.9 Å². The first kappa shape index (κ1) is 10.1. The van der Waals surface area contributed by atoms with Crippen molar-refractivity contribution in [2.45, 2.75) is 30.5 Å². The van der Waals surface area contributed by atoms with Crippen molar-refractivity contribution in [2.24, 2.45) is 47.3 Å². The van der Waals surface area contributed by atoms with Crippen molar-refractivity contribution in [2.75, 3.05) is 0 Å². The highest BCUT2D eigenvalue weighted by atomic mass is 19.3. The summed E-state index contributed by atoms with van der Waals surface area (Å²) in [7, 11) is 0. The number of halogens is 2. The summed E-state index contributed by atoms with van der Waals surface area (Å²) in [4.78, 5) is 11.1. The minimum absolute atomic E-state index is 0.188. The summed E-state index contributed by atoms with van der Waals surface area (Å²) >= 11 is 0. The molecule has 2 aliphatic heterocycles. The molecule has 0 unspecified atom stereocenters. The number of carboxylic acid groups (broad SMARTS) is 1. The zero-order valence-electron chi connectivity index (χ0n) is 10.3. The van der Waals surface area contributed by atoms with Gasteiger partial charge in [0.2, 0.25) is 0 Å². The largest absolute Gasteiger partial charge is 0.477 e. The highest BCUT2D eigenvalue weighted by molar-refractivity contribution is 5.78. The summed E-state index contributed by atoms with van der Waals surface area (Å²) in [5, 5.41) is 9.03. The Kier molecular flexibility index (Phi) is 1.14. The topological polar surface area (TPSA) is 46.5 Å². The summed E-state index contributed by atoms with van der Waals surface area (Å²) < 4.78 is 34.9. The third-order valence-corrected chi connectivity index (χ3v) is 7.97. The van der Waals surface area contributed by atoms with Crippen LogP contribution in [0.2, 0.25) is 0 Å². The van der Waals surface area contributed by atoms with Crippen LogP contribution in [-0.4, -0.2) is 28.2 Å². The second kappa shape index (κ2) is 2.14. The average Bonchev–Trinajstić information content (AvgIpc) is 2.88. The van der Waals surface area contributed by atoms with Gasteiger partial charge in [-0.15, -0.1) is 0 Å². The molecule has 7 rings (SSSR count). The van der Waals surface area contributed by atoms with Gasteiger partial charge in [-0.1, -0.05) is 0 Å². The van der Waals surface area contributed by atoms with Gasteiger partial charge in [0.15, 0.2) is 5.60 Å². The van der Waals surface area contributed by atoms with Crippen LogP contribution in [0.1, 0.15) is 13.3 Å². The van der Waals surface area contributed by atoms with Gasteiger partial charge in [-0.2, -0.15) is 8.78 Å². The Balaban J connectivity index is 1.67. The highest BCUT2D eigenvalue weighted by Gasteiger charge is 3.00. The third kappa shape index (κ3) is 0.569. The van der Waals surface area contributed by atoms with Crippen LogP contribution in [-0.2, 0) is 9.53 Å². The van der Waals surface area contributed by atoms with Crippen LogP contribution in [0.25, 0.3) is 0 Å². The fourth-order valence-corrected chi connectivity index (χ4v) is 8.24. The lowest BCUT2D eigenvalue weighted by atomic mass is 9.54. The van der Waals surface area contributed by atoms with Crippen LogP contribution >= 0.6 is 0 Å². The minimum atomic E-state index is -3.73. The predicted molar refractivity (Wildman–Crippen MR) is 57.3 cm³/mol. The van der Waals surface area contributed by atoms with Crippen molar-refractivity contribution in [1.82, 2.24) is 0 Å². The van der Waals surface area contributed by atoms with Gasteiger partial charge in [0.1, 0.15) is 0 Å². The molecular formula is C14H14F2O3. The van der Waals surface area contributed by atoms with E-state index in [1.54, 1.807) is 0 Å². The second-order valence-corrected chi connectivity index (χ2v) is 7.78. The minimum Gasteiger partial charge on any atom is -0.477 e. The molecule has 5 heteroatoms. The number of ether oxygens (including phenoxy) is 1. The molecular weight excluding hydrogens is 254 g/mol. The fourth-order valence-electron chi connectivity index (χ4n) is 8.24. The molecule has 3 nitrogen and oxygen atoms in total. The molecule has 19 heavy (non-hydrogen) atoms. The molecule has 0 aromatic heterocycles. The summed E-state index contributed by atoms with van der Waals surface area (Å²) in [5.74, 6) is -3.94. The molecule has 2 heterocycles. The predicted octanol–water partition coefficient (Wildman–Crippen LogP) is 1.62. The van der Waals surface area contributed by atoms with E-state index in [1.165, 1.54) is 0 Å². The maximum Gasteiger partial charge on any atom is 0.377 e. The van der Waals surface area contributed by atoms with Gasteiger partial charge in [0.05, 0.1) is 5.60 Å². The monoisotopic (exact) mass is 268 g/mol. The van der Waals surface area contributed by atoms with Crippen molar-refractivity contribution in [3.63, 3.8) is 0 Å². The number of carboxylic acids is 1. The molecule has 7 fully saturated rings. The second-order valence-electron chi connectivity index (χ2n) is 7.78. The quantitative estimate of drug-likeness (QED) is 0.828. The molecule has 10 atom stereocenters. The van der Waals surface area contributed by atoms with E-state index in [0.29, 0.717) is 23.7 Å². The molecule has 0 spiro atoms. The van der Waals surface area contributed by atoms with Crippen molar-refractivity contribution in [3.8, 4) is 0 Å². The number of rotatable bonds is 2. The molecule has 2 saturated heterocycles. The zero-order valence-corrected chi connectivity index (χ0v) is 10.3. The van der Waals surface area contributed by atoms with Crippen LogP contribution < -0.4 is 0 Å². The van der Waals surface area contributed by atoms with E-state index in [0.717, 1.165) is 6.42 Å². The lowest BCUT2D eigenvalue weighted by Crippen LogP contribution is -2.61. The smallest absolute Gasteiger partial charge is 0.377 e. The summed E-state index contributed by atoms with van der Waals surface area (Å²) in [6.07, 6.45) is 1.05. The Morgan fingerprint density at radius 2 is 1.84 bits per heavy atom. The number of hydrogen-bond acceptors (Lipinski definition) is 2. The standard InChI is InChI=1S/C14H14F2O3/c1-12-7-3-2-4-6-5(3)9(12)10(6)13(19-12,8(4)7)14(15,16)11(17)18/h3-10H,2H2,1H3,(H,17,18)/t3-,4+,5-,6+,7+,8+,9-,10-,12+,13-/m1/s1. The van der Waals surface area contributed by atoms with E-state index < -0.39 is 23.1 Å². The van der Waals surface area contributed by atoms with Crippen LogP contribution in [0.3, 0.4) is 0 Å². The maximum atomic E-state index is 14.5. The molecule has 4 bridgehead atoms. The molecule has 102 valence electrons. The first-order valence-corrected chi connectivity index (χ1v) is 7.19. The normalized spacial score (nSPS) is 72.4. The molecule has 0 amide bonds. The molecule has 5 aliphatic carbocycles. The Labute approximate surface area is 108 Å².